The van der Waals surface area contributed by atoms with Gasteiger partial charge in [-0.1, -0.05) is 35.0 Å². The fraction of sp³-hybridized carbons (Fsp3) is 0.389. The van der Waals surface area contributed by atoms with Gasteiger partial charge in [0.15, 0.2) is 11.5 Å². The second-order valence-electron chi connectivity index (χ2n) is 6.23. The van der Waals surface area contributed by atoms with Crippen molar-refractivity contribution in [2.75, 3.05) is 27.2 Å². The Morgan fingerprint density at radius 1 is 1.24 bits per heavy atom. The van der Waals surface area contributed by atoms with E-state index in [2.05, 4.69) is 15.8 Å². The number of carbonyl (C=O) groups is 2. The summed E-state index contributed by atoms with van der Waals surface area (Å²) in [7, 11) is 3.85. The molecule has 2 N–H and O–H groups in total. The molecule has 0 fully saturated rings. The lowest BCUT2D eigenvalue weighted by molar-refractivity contribution is -0.122. The zero-order valence-electron chi connectivity index (χ0n) is 15.0. The minimum atomic E-state index is -0.658. The van der Waals surface area contributed by atoms with Crippen LogP contribution in [0.15, 0.2) is 34.9 Å². The predicted molar refractivity (Wildman–Crippen MR) is 95.2 cm³/mol. The van der Waals surface area contributed by atoms with Gasteiger partial charge in [0.1, 0.15) is 6.04 Å². The normalized spacial score (nSPS) is 12.0. The van der Waals surface area contributed by atoms with Gasteiger partial charge in [-0.05, 0) is 27.9 Å². The van der Waals surface area contributed by atoms with Gasteiger partial charge >= 0.3 is 0 Å². The number of nitrogens with zero attached hydrogens (tertiary/aromatic N) is 2. The van der Waals surface area contributed by atoms with Crippen LogP contribution in [0.1, 0.15) is 23.0 Å². The minimum absolute atomic E-state index is 0.142. The summed E-state index contributed by atoms with van der Waals surface area (Å²) in [6.07, 6.45) is 0. The standard InChI is InChI=1S/C18H24N4O3/c1-12-5-7-14(8-6-12)16-11-15(21-25-16)18(24)20-13(2)17(23)19-9-10-22(3)4/h5-8,11,13H,9-10H2,1-4H3,(H,19,23)(H,20,24). The van der Waals surface area contributed by atoms with Crippen LogP contribution in [-0.2, 0) is 4.79 Å². The summed E-state index contributed by atoms with van der Waals surface area (Å²) in [6.45, 7) is 4.88. The molecule has 134 valence electrons. The summed E-state index contributed by atoms with van der Waals surface area (Å²) >= 11 is 0. The Hall–Kier alpha value is -2.67. The van der Waals surface area contributed by atoms with Crippen molar-refractivity contribution in [3.05, 3.63) is 41.6 Å². The van der Waals surface area contributed by atoms with Gasteiger partial charge < -0.3 is 20.1 Å². The van der Waals surface area contributed by atoms with Gasteiger partial charge in [0.05, 0.1) is 0 Å². The Morgan fingerprint density at radius 2 is 1.92 bits per heavy atom. The van der Waals surface area contributed by atoms with Crippen molar-refractivity contribution in [1.82, 2.24) is 20.7 Å². The van der Waals surface area contributed by atoms with E-state index in [1.54, 1.807) is 13.0 Å². The van der Waals surface area contributed by atoms with Crippen molar-refractivity contribution in [2.45, 2.75) is 19.9 Å². The van der Waals surface area contributed by atoms with Crippen LogP contribution in [0.5, 0.6) is 0 Å². The van der Waals surface area contributed by atoms with E-state index in [1.165, 1.54) is 0 Å². The Bertz CT molecular complexity index is 722. The van der Waals surface area contributed by atoms with Gasteiger partial charge in [-0.3, -0.25) is 9.59 Å². The van der Waals surface area contributed by atoms with Gasteiger partial charge in [-0.2, -0.15) is 0 Å². The number of hydrogen-bond acceptors (Lipinski definition) is 5. The van der Waals surface area contributed by atoms with Crippen LogP contribution in [0.2, 0.25) is 0 Å². The molecule has 2 rings (SSSR count). The highest BCUT2D eigenvalue weighted by atomic mass is 16.5. The Balaban J connectivity index is 1.92. The molecule has 0 radical (unpaired) electrons. The van der Waals surface area contributed by atoms with Gasteiger partial charge in [-0.25, -0.2) is 0 Å². The van der Waals surface area contributed by atoms with Crippen LogP contribution in [0.4, 0.5) is 0 Å². The molecule has 1 unspecified atom stereocenters. The van der Waals surface area contributed by atoms with E-state index in [-0.39, 0.29) is 11.6 Å². The molecule has 0 aliphatic heterocycles. The number of nitrogens with one attached hydrogen (secondary N) is 2. The van der Waals surface area contributed by atoms with Crippen molar-refractivity contribution in [3.63, 3.8) is 0 Å². The zero-order chi connectivity index (χ0) is 18.4. The van der Waals surface area contributed by atoms with Crippen LogP contribution in [0, 0.1) is 6.92 Å². The fourth-order valence-corrected chi connectivity index (χ4v) is 2.13. The third kappa shape index (κ3) is 5.42. The first-order chi connectivity index (χ1) is 11.9. The fourth-order valence-electron chi connectivity index (χ4n) is 2.13. The minimum Gasteiger partial charge on any atom is -0.355 e. The van der Waals surface area contributed by atoms with Gasteiger partial charge in [-0.15, -0.1) is 0 Å². The van der Waals surface area contributed by atoms with E-state index in [9.17, 15) is 9.59 Å². The first kappa shape index (κ1) is 18.7. The molecule has 2 aromatic rings. The molecule has 1 atom stereocenters. The van der Waals surface area contributed by atoms with Crippen molar-refractivity contribution in [3.8, 4) is 11.3 Å². The number of amides is 2. The third-order valence-corrected chi connectivity index (χ3v) is 3.68. The van der Waals surface area contributed by atoms with E-state index < -0.39 is 11.9 Å². The number of carbonyl (C=O) groups excluding carboxylic acids is 2. The summed E-state index contributed by atoms with van der Waals surface area (Å²) in [5.41, 5.74) is 2.12. The summed E-state index contributed by atoms with van der Waals surface area (Å²) in [4.78, 5) is 26.1. The molecule has 0 bridgehead atoms. The highest BCUT2D eigenvalue weighted by Gasteiger charge is 2.19. The highest BCUT2D eigenvalue weighted by molar-refractivity contribution is 5.96. The van der Waals surface area contributed by atoms with E-state index in [0.717, 1.165) is 17.7 Å². The molecule has 25 heavy (non-hydrogen) atoms. The van der Waals surface area contributed by atoms with Crippen LogP contribution < -0.4 is 10.6 Å². The number of rotatable bonds is 7. The zero-order valence-corrected chi connectivity index (χ0v) is 15.0. The SMILES string of the molecule is Cc1ccc(-c2cc(C(=O)NC(C)C(=O)NCCN(C)C)no2)cc1. The molecule has 0 saturated carbocycles. The van der Waals surface area contributed by atoms with Crippen LogP contribution in [-0.4, -0.2) is 55.1 Å². The Morgan fingerprint density at radius 3 is 2.56 bits per heavy atom. The summed E-state index contributed by atoms with van der Waals surface area (Å²) < 4.78 is 5.23. The summed E-state index contributed by atoms with van der Waals surface area (Å²) in [6, 6.07) is 8.62. The van der Waals surface area contributed by atoms with E-state index in [4.69, 9.17) is 4.52 Å². The molecule has 1 aromatic carbocycles. The third-order valence-electron chi connectivity index (χ3n) is 3.68. The molecule has 0 saturated heterocycles. The van der Waals surface area contributed by atoms with Crippen molar-refractivity contribution in [2.24, 2.45) is 0 Å². The maximum Gasteiger partial charge on any atom is 0.274 e. The summed E-state index contributed by atoms with van der Waals surface area (Å²) in [5.74, 6) is -0.178. The molecule has 0 aliphatic carbocycles. The van der Waals surface area contributed by atoms with Crippen LogP contribution in [0.25, 0.3) is 11.3 Å². The molecule has 0 spiro atoms. The lowest BCUT2D eigenvalue weighted by Crippen LogP contribution is -2.46. The van der Waals surface area contributed by atoms with Crippen LogP contribution >= 0.6 is 0 Å². The number of hydrogen-bond donors (Lipinski definition) is 2. The quantitative estimate of drug-likeness (QED) is 0.794. The maximum atomic E-state index is 12.2. The maximum absolute atomic E-state index is 12.2. The molecular weight excluding hydrogens is 320 g/mol. The Kier molecular flexibility index (Phi) is 6.30. The largest absolute Gasteiger partial charge is 0.355 e. The van der Waals surface area contributed by atoms with Crippen molar-refractivity contribution >= 4 is 11.8 Å². The van der Waals surface area contributed by atoms with E-state index in [0.29, 0.717) is 12.3 Å². The molecule has 0 aliphatic rings. The average Bonchev–Trinajstić information content (AvgIpc) is 3.05. The molecule has 2 amide bonds. The average molecular weight is 344 g/mol. The lowest BCUT2D eigenvalue weighted by atomic mass is 10.1. The first-order valence-electron chi connectivity index (χ1n) is 8.14. The number of aryl methyl sites for hydroxylation is 1. The van der Waals surface area contributed by atoms with Crippen LogP contribution in [0.3, 0.4) is 0 Å². The molecule has 7 heteroatoms. The molecular formula is C18H24N4O3. The Labute approximate surface area is 147 Å². The van der Waals surface area contributed by atoms with Crippen molar-refractivity contribution in [1.29, 1.82) is 0 Å². The highest BCUT2D eigenvalue weighted by Crippen LogP contribution is 2.20. The van der Waals surface area contributed by atoms with Gasteiger partial charge in [0.25, 0.3) is 5.91 Å². The smallest absolute Gasteiger partial charge is 0.274 e. The van der Waals surface area contributed by atoms with E-state index in [1.807, 2.05) is 50.2 Å². The first-order valence-corrected chi connectivity index (χ1v) is 8.14. The van der Waals surface area contributed by atoms with E-state index >= 15 is 0 Å². The molecule has 1 aromatic heterocycles. The van der Waals surface area contributed by atoms with Gasteiger partial charge in [0, 0.05) is 24.7 Å². The molecule has 7 nitrogen and oxygen atoms in total. The lowest BCUT2D eigenvalue weighted by Gasteiger charge is -2.15. The number of likely N-dealkylation sites (N-methyl/N-ethyl adjacent to an activating group) is 1. The summed E-state index contributed by atoms with van der Waals surface area (Å²) in [5, 5.41) is 9.18. The number of aromatic nitrogens is 1. The molecule has 1 heterocycles. The number of benzene rings is 1. The second-order valence-corrected chi connectivity index (χ2v) is 6.23. The second kappa shape index (κ2) is 8.43. The predicted octanol–water partition coefficient (Wildman–Crippen LogP) is 1.45. The monoisotopic (exact) mass is 344 g/mol. The van der Waals surface area contributed by atoms with Crippen molar-refractivity contribution < 1.29 is 14.1 Å². The van der Waals surface area contributed by atoms with Gasteiger partial charge in [0.2, 0.25) is 5.91 Å². The topological polar surface area (TPSA) is 87.5 Å².